The van der Waals surface area contributed by atoms with Gasteiger partial charge in [0, 0.05) is 18.8 Å². The smallest absolute Gasteiger partial charge is 0.279 e. The molecule has 24 heavy (non-hydrogen) atoms. The molecule has 1 unspecified atom stereocenters. The molecule has 2 N–H and O–H groups in total. The zero-order chi connectivity index (χ0) is 17.4. The minimum atomic E-state index is -0.143. The number of carbonyl (C=O) groups is 2. The van der Waals surface area contributed by atoms with Crippen LogP contribution in [0.2, 0.25) is 0 Å². The lowest BCUT2D eigenvalue weighted by molar-refractivity contribution is -0.862. The molecule has 1 aliphatic heterocycles. The first kappa shape index (κ1) is 17.9. The van der Waals surface area contributed by atoms with Crippen LogP contribution in [0.25, 0.3) is 0 Å². The Hall–Kier alpha value is -2.43. The van der Waals surface area contributed by atoms with Gasteiger partial charge in [-0.15, -0.1) is 0 Å². The van der Waals surface area contributed by atoms with Crippen molar-refractivity contribution >= 4 is 17.5 Å². The Bertz CT molecular complexity index is 603. The van der Waals surface area contributed by atoms with Crippen LogP contribution in [0.15, 0.2) is 24.3 Å². The lowest BCUT2D eigenvalue weighted by atomic mass is 10.1. The fourth-order valence-electron chi connectivity index (χ4n) is 2.52. The SMILES string of the molecule is C[NH+](CC(=O)Nc1ccc(CC#N)cc1)CC(=O)N1CCOCC1. The van der Waals surface area contributed by atoms with Crippen molar-refractivity contribution in [3.05, 3.63) is 29.8 Å². The van der Waals surface area contributed by atoms with E-state index in [1.54, 1.807) is 17.0 Å². The monoisotopic (exact) mass is 331 g/mol. The highest BCUT2D eigenvalue weighted by Gasteiger charge is 2.21. The molecular formula is C17H23N4O3+. The van der Waals surface area contributed by atoms with Crippen LogP contribution in [0.1, 0.15) is 5.56 Å². The number of hydrogen-bond acceptors (Lipinski definition) is 4. The third-order valence-electron chi connectivity index (χ3n) is 3.80. The van der Waals surface area contributed by atoms with Crippen molar-refractivity contribution in [2.24, 2.45) is 0 Å². The first-order valence-corrected chi connectivity index (χ1v) is 8.01. The molecule has 1 heterocycles. The third-order valence-corrected chi connectivity index (χ3v) is 3.80. The molecular weight excluding hydrogens is 308 g/mol. The molecule has 0 radical (unpaired) electrons. The minimum absolute atomic E-state index is 0.0458. The number of carbonyl (C=O) groups excluding carboxylic acids is 2. The Morgan fingerprint density at radius 1 is 1.25 bits per heavy atom. The highest BCUT2D eigenvalue weighted by molar-refractivity contribution is 5.91. The highest BCUT2D eigenvalue weighted by Crippen LogP contribution is 2.09. The van der Waals surface area contributed by atoms with Gasteiger partial charge in [-0.3, -0.25) is 9.59 Å². The van der Waals surface area contributed by atoms with E-state index in [0.717, 1.165) is 10.5 Å². The van der Waals surface area contributed by atoms with E-state index in [1.807, 2.05) is 19.2 Å². The van der Waals surface area contributed by atoms with E-state index in [-0.39, 0.29) is 24.9 Å². The van der Waals surface area contributed by atoms with Gasteiger partial charge in [-0.25, -0.2) is 0 Å². The van der Waals surface area contributed by atoms with Crippen molar-refractivity contribution in [3.8, 4) is 6.07 Å². The Kier molecular flexibility index (Phi) is 6.73. The zero-order valence-electron chi connectivity index (χ0n) is 13.9. The average molecular weight is 331 g/mol. The molecule has 0 aliphatic carbocycles. The summed E-state index contributed by atoms with van der Waals surface area (Å²) >= 11 is 0. The van der Waals surface area contributed by atoms with Gasteiger partial charge in [0.05, 0.1) is 32.8 Å². The van der Waals surface area contributed by atoms with Crippen LogP contribution in [0.3, 0.4) is 0 Å². The van der Waals surface area contributed by atoms with Crippen LogP contribution in [-0.2, 0) is 20.7 Å². The van der Waals surface area contributed by atoms with Crippen molar-refractivity contribution in [2.45, 2.75) is 6.42 Å². The Balaban J connectivity index is 1.76. The molecule has 0 aromatic heterocycles. The molecule has 7 heteroatoms. The second-order valence-corrected chi connectivity index (χ2v) is 5.88. The number of ether oxygens (including phenoxy) is 1. The maximum Gasteiger partial charge on any atom is 0.279 e. The molecule has 7 nitrogen and oxygen atoms in total. The van der Waals surface area contributed by atoms with Gasteiger partial charge in [-0.05, 0) is 17.7 Å². The first-order chi connectivity index (χ1) is 11.6. The van der Waals surface area contributed by atoms with Gasteiger partial charge < -0.3 is 19.9 Å². The molecule has 2 amide bonds. The Morgan fingerprint density at radius 3 is 2.54 bits per heavy atom. The number of nitrogens with one attached hydrogen (secondary N) is 2. The minimum Gasteiger partial charge on any atom is -0.378 e. The van der Waals surface area contributed by atoms with Gasteiger partial charge in [0.15, 0.2) is 13.1 Å². The molecule has 1 aromatic carbocycles. The summed E-state index contributed by atoms with van der Waals surface area (Å²) in [6, 6.07) is 9.27. The van der Waals surface area contributed by atoms with Crippen LogP contribution >= 0.6 is 0 Å². The van der Waals surface area contributed by atoms with Crippen LogP contribution in [-0.4, -0.2) is 63.2 Å². The second kappa shape index (κ2) is 9.01. The zero-order valence-corrected chi connectivity index (χ0v) is 13.9. The lowest BCUT2D eigenvalue weighted by Crippen LogP contribution is -3.11. The summed E-state index contributed by atoms with van der Waals surface area (Å²) in [4.78, 5) is 26.8. The van der Waals surface area contributed by atoms with E-state index >= 15 is 0 Å². The van der Waals surface area contributed by atoms with E-state index < -0.39 is 0 Å². The predicted molar refractivity (Wildman–Crippen MR) is 88.4 cm³/mol. The topological polar surface area (TPSA) is 86.9 Å². The number of nitrogens with zero attached hydrogens (tertiary/aromatic N) is 2. The number of nitriles is 1. The molecule has 1 atom stereocenters. The van der Waals surface area contributed by atoms with Crippen molar-refractivity contribution in [1.82, 2.24) is 4.90 Å². The first-order valence-electron chi connectivity index (χ1n) is 8.01. The van der Waals surface area contributed by atoms with E-state index in [9.17, 15) is 9.59 Å². The van der Waals surface area contributed by atoms with Crippen LogP contribution in [0.4, 0.5) is 5.69 Å². The predicted octanol–water partition coefficient (Wildman–Crippen LogP) is -0.935. The molecule has 1 fully saturated rings. The summed E-state index contributed by atoms with van der Waals surface area (Å²) in [6.45, 7) is 2.89. The Morgan fingerprint density at radius 2 is 1.92 bits per heavy atom. The number of quaternary nitrogens is 1. The Labute approximate surface area is 141 Å². The number of benzene rings is 1. The molecule has 0 saturated carbocycles. The number of rotatable bonds is 6. The van der Waals surface area contributed by atoms with Gasteiger partial charge in [-0.1, -0.05) is 12.1 Å². The van der Waals surface area contributed by atoms with Gasteiger partial charge in [0.2, 0.25) is 0 Å². The molecule has 1 saturated heterocycles. The summed E-state index contributed by atoms with van der Waals surface area (Å²) in [6.07, 6.45) is 0.352. The number of morpholine rings is 1. The normalized spacial score (nSPS) is 15.4. The molecule has 128 valence electrons. The average Bonchev–Trinajstić information content (AvgIpc) is 2.57. The van der Waals surface area contributed by atoms with E-state index in [0.29, 0.717) is 38.4 Å². The molecule has 1 aromatic rings. The lowest BCUT2D eigenvalue weighted by Gasteiger charge is -2.27. The van der Waals surface area contributed by atoms with Crippen molar-refractivity contribution in [2.75, 3.05) is 51.8 Å². The number of amides is 2. The molecule has 0 bridgehead atoms. The third kappa shape index (κ3) is 5.65. The van der Waals surface area contributed by atoms with Crippen molar-refractivity contribution in [1.29, 1.82) is 5.26 Å². The standard InChI is InChI=1S/C17H22N4O3/c1-20(13-17(23)21-8-10-24-11-9-21)12-16(22)19-15-4-2-14(3-5-15)6-7-18/h2-5H,6,8-13H2,1H3,(H,19,22)/p+1. The fraction of sp³-hybridized carbons (Fsp3) is 0.471. The number of likely N-dealkylation sites (N-methyl/N-ethyl adjacent to an activating group) is 1. The van der Waals surface area contributed by atoms with Crippen LogP contribution < -0.4 is 10.2 Å². The molecule has 2 rings (SSSR count). The summed E-state index contributed by atoms with van der Waals surface area (Å²) in [5.41, 5.74) is 1.60. The van der Waals surface area contributed by atoms with Crippen molar-refractivity contribution in [3.63, 3.8) is 0 Å². The van der Waals surface area contributed by atoms with Crippen molar-refractivity contribution < 1.29 is 19.2 Å². The van der Waals surface area contributed by atoms with Gasteiger partial charge >= 0.3 is 0 Å². The summed E-state index contributed by atoms with van der Waals surface area (Å²) in [7, 11) is 1.83. The van der Waals surface area contributed by atoms with E-state index in [1.165, 1.54) is 0 Å². The number of anilines is 1. The summed E-state index contributed by atoms with van der Waals surface area (Å²) < 4.78 is 5.23. The maximum atomic E-state index is 12.1. The van der Waals surface area contributed by atoms with Crippen LogP contribution in [0, 0.1) is 11.3 Å². The molecule has 1 aliphatic rings. The van der Waals surface area contributed by atoms with Gasteiger partial charge in [-0.2, -0.15) is 5.26 Å². The fourth-order valence-corrected chi connectivity index (χ4v) is 2.52. The van der Waals surface area contributed by atoms with Gasteiger partial charge in [0.1, 0.15) is 0 Å². The largest absolute Gasteiger partial charge is 0.378 e. The highest BCUT2D eigenvalue weighted by atomic mass is 16.5. The number of hydrogen-bond donors (Lipinski definition) is 2. The van der Waals surface area contributed by atoms with E-state index in [4.69, 9.17) is 10.00 Å². The molecule has 0 spiro atoms. The summed E-state index contributed by atoms with van der Waals surface area (Å²) in [5.74, 6) is -0.0974. The van der Waals surface area contributed by atoms with Gasteiger partial charge in [0.25, 0.3) is 11.8 Å². The quantitative estimate of drug-likeness (QED) is 0.705. The summed E-state index contributed by atoms with van der Waals surface area (Å²) in [5, 5.41) is 11.4. The maximum absolute atomic E-state index is 12.1. The van der Waals surface area contributed by atoms with E-state index in [2.05, 4.69) is 11.4 Å². The van der Waals surface area contributed by atoms with Crippen LogP contribution in [0.5, 0.6) is 0 Å². The second-order valence-electron chi connectivity index (χ2n) is 5.88.